The first-order valence-electron chi connectivity index (χ1n) is 3.71. The monoisotopic (exact) mass is 276 g/mol. The largest absolute Gasteiger partial charge is 0.430 e. The summed E-state index contributed by atoms with van der Waals surface area (Å²) in [4.78, 5) is 0. The highest BCUT2D eigenvalue weighted by molar-refractivity contribution is 4.95. The molecule has 0 aliphatic rings. The second kappa shape index (κ2) is 4.07. The van der Waals surface area contributed by atoms with Gasteiger partial charge in [-0.3, -0.25) is 0 Å². The second-order valence-corrected chi connectivity index (χ2v) is 3.00. The van der Waals surface area contributed by atoms with Crippen molar-refractivity contribution in [2.24, 2.45) is 0 Å². The molecule has 0 aliphatic carbocycles. The minimum Gasteiger partial charge on any atom is -0.244 e. The fourth-order valence-electron chi connectivity index (χ4n) is 0.536. The molecular weight excluding hydrogens is 271 g/mol. The third kappa shape index (κ3) is 3.05. The van der Waals surface area contributed by atoms with E-state index >= 15 is 0 Å². The Hall–Kier alpha value is -0.930. The quantitative estimate of drug-likeness (QED) is 0.690. The molecular formula is C7H5F9O. The molecule has 0 unspecified atom stereocenters. The second-order valence-electron chi connectivity index (χ2n) is 3.00. The summed E-state index contributed by atoms with van der Waals surface area (Å²) < 4.78 is 112. The molecule has 0 saturated heterocycles. The first-order chi connectivity index (χ1) is 7.15. The maximum atomic E-state index is 12.4. The molecule has 0 rings (SSSR count). The van der Waals surface area contributed by atoms with E-state index in [1.165, 1.54) is 0 Å². The summed E-state index contributed by atoms with van der Waals surface area (Å²) in [6.45, 7) is 1.22. The zero-order valence-corrected chi connectivity index (χ0v) is 8.02. The molecule has 0 atom stereocenters. The minimum absolute atomic E-state index is 0.632. The summed E-state index contributed by atoms with van der Waals surface area (Å²) in [5.41, 5.74) is 0. The summed E-state index contributed by atoms with van der Waals surface area (Å²) >= 11 is 0. The minimum atomic E-state index is -6.29. The average molecular weight is 276 g/mol. The van der Waals surface area contributed by atoms with Gasteiger partial charge in [0.05, 0.1) is 0 Å². The Morgan fingerprint density at radius 3 is 1.53 bits per heavy atom. The Bertz CT molecular complexity index is 303. The van der Waals surface area contributed by atoms with E-state index in [-0.39, 0.29) is 0 Å². The van der Waals surface area contributed by atoms with E-state index < -0.39 is 36.8 Å². The van der Waals surface area contributed by atoms with E-state index in [1.54, 1.807) is 0 Å². The predicted molar refractivity (Wildman–Crippen MR) is 36.8 cm³/mol. The summed E-state index contributed by atoms with van der Waals surface area (Å²) in [7, 11) is 0. The third-order valence-corrected chi connectivity index (χ3v) is 1.49. The summed E-state index contributed by atoms with van der Waals surface area (Å²) in [5.74, 6) is -14.4. The molecule has 0 aromatic heterocycles. The van der Waals surface area contributed by atoms with Crippen LogP contribution in [0.25, 0.3) is 0 Å². The third-order valence-electron chi connectivity index (χ3n) is 1.49. The number of halogens is 9. The Morgan fingerprint density at radius 2 is 1.29 bits per heavy atom. The molecule has 0 bridgehead atoms. The van der Waals surface area contributed by atoms with Crippen molar-refractivity contribution in [2.45, 2.75) is 31.0 Å². The van der Waals surface area contributed by atoms with Crippen molar-refractivity contribution >= 4 is 0 Å². The van der Waals surface area contributed by atoms with E-state index in [0.29, 0.717) is 0 Å². The highest BCUT2D eigenvalue weighted by Gasteiger charge is 2.73. The van der Waals surface area contributed by atoms with Gasteiger partial charge in [0.2, 0.25) is 0 Å². The molecule has 0 spiro atoms. The molecule has 1 nitrogen and oxygen atoms in total. The topological polar surface area (TPSA) is 9.23 Å². The molecule has 0 N–H and O–H groups in total. The molecule has 102 valence electrons. The molecule has 0 aliphatic heterocycles. The Labute approximate surface area is 88.8 Å². The Morgan fingerprint density at radius 1 is 0.941 bits per heavy atom. The lowest BCUT2D eigenvalue weighted by molar-refractivity contribution is -0.449. The zero-order valence-electron chi connectivity index (χ0n) is 8.02. The van der Waals surface area contributed by atoms with Gasteiger partial charge < -0.3 is 0 Å². The lowest BCUT2D eigenvalue weighted by Gasteiger charge is -2.31. The smallest absolute Gasteiger partial charge is 0.244 e. The van der Waals surface area contributed by atoms with Gasteiger partial charge in [-0.05, 0) is 0 Å². The number of ether oxygens (including phenoxy) is 1. The standard InChI is InChI=1S/C7H5F9O/c1-3(8)5(11,12)17-7(15,16)6(13,14)4(2,9)10/h1H2,2H3. The van der Waals surface area contributed by atoms with Crippen molar-refractivity contribution in [3.63, 3.8) is 0 Å². The summed E-state index contributed by atoms with van der Waals surface area (Å²) in [6.07, 6.45) is -11.8. The molecule has 17 heavy (non-hydrogen) atoms. The van der Waals surface area contributed by atoms with Gasteiger partial charge in [0.1, 0.15) is 0 Å². The van der Waals surface area contributed by atoms with Crippen molar-refractivity contribution in [1.29, 1.82) is 0 Å². The maximum absolute atomic E-state index is 12.4. The molecule has 0 aromatic carbocycles. The zero-order chi connectivity index (χ0) is 14.3. The van der Waals surface area contributed by atoms with Gasteiger partial charge in [-0.2, -0.15) is 35.1 Å². The van der Waals surface area contributed by atoms with Crippen LogP contribution in [0.4, 0.5) is 39.5 Å². The SMILES string of the molecule is C=C(F)C(F)(F)OC(F)(F)C(F)(F)C(C)(F)F. The molecule has 0 amide bonds. The molecule has 10 heteroatoms. The highest BCUT2D eigenvalue weighted by atomic mass is 19.4. The maximum Gasteiger partial charge on any atom is 0.430 e. The van der Waals surface area contributed by atoms with E-state index in [0.717, 1.165) is 0 Å². The first kappa shape index (κ1) is 16.1. The van der Waals surface area contributed by atoms with Crippen molar-refractivity contribution in [1.82, 2.24) is 0 Å². The van der Waals surface area contributed by atoms with Gasteiger partial charge in [-0.15, -0.1) is 0 Å². The van der Waals surface area contributed by atoms with Gasteiger partial charge in [0.15, 0.2) is 5.83 Å². The van der Waals surface area contributed by atoms with Crippen LogP contribution in [0.3, 0.4) is 0 Å². The first-order valence-corrected chi connectivity index (χ1v) is 3.71. The van der Waals surface area contributed by atoms with E-state index in [1.807, 2.05) is 6.58 Å². The number of hydrogen-bond acceptors (Lipinski definition) is 1. The fourth-order valence-corrected chi connectivity index (χ4v) is 0.536. The number of rotatable bonds is 5. The van der Waals surface area contributed by atoms with Crippen LogP contribution in [0.5, 0.6) is 0 Å². The summed E-state index contributed by atoms with van der Waals surface area (Å²) in [6, 6.07) is 0. The molecule has 0 radical (unpaired) electrons. The summed E-state index contributed by atoms with van der Waals surface area (Å²) in [5, 5.41) is 0. The van der Waals surface area contributed by atoms with Crippen LogP contribution in [0.15, 0.2) is 12.4 Å². The number of alkyl halides is 8. The van der Waals surface area contributed by atoms with Crippen LogP contribution in [0.1, 0.15) is 6.92 Å². The van der Waals surface area contributed by atoms with Gasteiger partial charge in [-0.25, -0.2) is 9.13 Å². The average Bonchev–Trinajstić information content (AvgIpc) is 1.98. The van der Waals surface area contributed by atoms with Crippen LogP contribution in [0, 0.1) is 0 Å². The van der Waals surface area contributed by atoms with Crippen molar-refractivity contribution in [3.8, 4) is 0 Å². The van der Waals surface area contributed by atoms with Crippen LogP contribution >= 0.6 is 0 Å². The van der Waals surface area contributed by atoms with Crippen molar-refractivity contribution in [2.75, 3.05) is 0 Å². The molecule has 0 aromatic rings. The van der Waals surface area contributed by atoms with Crippen LogP contribution in [-0.4, -0.2) is 24.1 Å². The molecule has 0 saturated carbocycles. The van der Waals surface area contributed by atoms with Crippen LogP contribution in [-0.2, 0) is 4.74 Å². The Kier molecular flexibility index (Phi) is 3.85. The van der Waals surface area contributed by atoms with Gasteiger partial charge in [-0.1, -0.05) is 6.58 Å². The van der Waals surface area contributed by atoms with E-state index in [9.17, 15) is 39.5 Å². The van der Waals surface area contributed by atoms with Gasteiger partial charge in [0.25, 0.3) is 0 Å². The van der Waals surface area contributed by atoms with Gasteiger partial charge >= 0.3 is 24.1 Å². The van der Waals surface area contributed by atoms with E-state index in [2.05, 4.69) is 4.74 Å². The van der Waals surface area contributed by atoms with Crippen LogP contribution in [0.2, 0.25) is 0 Å². The lowest BCUT2D eigenvalue weighted by atomic mass is 10.2. The van der Waals surface area contributed by atoms with Crippen molar-refractivity contribution in [3.05, 3.63) is 12.4 Å². The van der Waals surface area contributed by atoms with Gasteiger partial charge in [0, 0.05) is 6.92 Å². The molecule has 0 heterocycles. The highest BCUT2D eigenvalue weighted by Crippen LogP contribution is 2.48. The number of hydrogen-bond donors (Lipinski definition) is 0. The lowest BCUT2D eigenvalue weighted by Crippen LogP contribution is -2.56. The van der Waals surface area contributed by atoms with Crippen LogP contribution < -0.4 is 0 Å². The predicted octanol–water partition coefficient (Wildman–Crippen LogP) is 3.96. The fraction of sp³-hybridized carbons (Fsp3) is 0.714. The van der Waals surface area contributed by atoms with E-state index in [4.69, 9.17) is 0 Å². The Balaban J connectivity index is 5.24. The molecule has 0 fully saturated rings. The van der Waals surface area contributed by atoms with Crippen molar-refractivity contribution < 1.29 is 44.3 Å². The normalized spacial score (nSPS) is 14.9.